The van der Waals surface area contributed by atoms with Gasteiger partial charge < -0.3 is 14.8 Å². The predicted molar refractivity (Wildman–Crippen MR) is 44.5 cm³/mol. The van der Waals surface area contributed by atoms with E-state index in [2.05, 4.69) is 10.3 Å². The molecular formula is C8H14N2O2. The van der Waals surface area contributed by atoms with Gasteiger partial charge in [-0.1, -0.05) is 0 Å². The minimum absolute atomic E-state index is 0.268. The number of aliphatic hydroxyl groups is 1. The van der Waals surface area contributed by atoms with Crippen LogP contribution in [0.25, 0.3) is 0 Å². The predicted octanol–water partition coefficient (Wildman–Crippen LogP) is 0.537. The minimum atomic E-state index is 0.268. The summed E-state index contributed by atoms with van der Waals surface area (Å²) in [5.41, 5.74) is 0. The standard InChI is InChI=1S/C8H14N2O2/c11-4-2-1-3-9-5-8-6-10-7-12-8/h6-7,9,11H,1-5H2. The van der Waals surface area contributed by atoms with E-state index < -0.39 is 0 Å². The minimum Gasteiger partial charge on any atom is -0.447 e. The van der Waals surface area contributed by atoms with Crippen LogP contribution in [-0.2, 0) is 6.54 Å². The molecule has 0 aliphatic carbocycles. The van der Waals surface area contributed by atoms with Gasteiger partial charge in [-0.15, -0.1) is 0 Å². The Hall–Kier alpha value is -0.870. The van der Waals surface area contributed by atoms with Crippen molar-refractivity contribution in [3.05, 3.63) is 18.4 Å². The summed E-state index contributed by atoms with van der Waals surface area (Å²) in [6.07, 6.45) is 4.96. The summed E-state index contributed by atoms with van der Waals surface area (Å²) in [5, 5.41) is 11.7. The van der Waals surface area contributed by atoms with Gasteiger partial charge >= 0.3 is 0 Å². The molecule has 68 valence electrons. The molecule has 1 rings (SSSR count). The lowest BCUT2D eigenvalue weighted by Gasteiger charge is -1.99. The van der Waals surface area contributed by atoms with Crippen LogP contribution < -0.4 is 5.32 Å². The molecule has 0 fully saturated rings. The van der Waals surface area contributed by atoms with Crippen molar-refractivity contribution in [2.24, 2.45) is 0 Å². The molecule has 0 radical (unpaired) electrons. The molecule has 2 N–H and O–H groups in total. The average Bonchev–Trinajstić information content (AvgIpc) is 2.57. The third-order valence-corrected chi connectivity index (χ3v) is 1.54. The van der Waals surface area contributed by atoms with Gasteiger partial charge in [0.15, 0.2) is 6.39 Å². The number of aromatic nitrogens is 1. The maximum absolute atomic E-state index is 8.49. The smallest absolute Gasteiger partial charge is 0.180 e. The fourth-order valence-electron chi connectivity index (χ4n) is 0.903. The summed E-state index contributed by atoms with van der Waals surface area (Å²) in [6, 6.07) is 0. The molecule has 0 aliphatic rings. The quantitative estimate of drug-likeness (QED) is 0.612. The van der Waals surface area contributed by atoms with Crippen LogP contribution >= 0.6 is 0 Å². The first-order valence-corrected chi connectivity index (χ1v) is 4.12. The van der Waals surface area contributed by atoms with Gasteiger partial charge in [-0.25, -0.2) is 4.98 Å². The van der Waals surface area contributed by atoms with Crippen LogP contribution in [0.15, 0.2) is 17.0 Å². The molecule has 0 amide bonds. The van der Waals surface area contributed by atoms with Gasteiger partial charge in [0.25, 0.3) is 0 Å². The van der Waals surface area contributed by atoms with Gasteiger partial charge in [-0.05, 0) is 19.4 Å². The molecule has 0 bridgehead atoms. The monoisotopic (exact) mass is 170 g/mol. The van der Waals surface area contributed by atoms with E-state index >= 15 is 0 Å². The number of rotatable bonds is 6. The Bertz CT molecular complexity index is 187. The Balaban J connectivity index is 1.96. The van der Waals surface area contributed by atoms with E-state index in [9.17, 15) is 0 Å². The maximum atomic E-state index is 8.49. The van der Waals surface area contributed by atoms with Crippen molar-refractivity contribution in [3.8, 4) is 0 Å². The van der Waals surface area contributed by atoms with E-state index in [1.54, 1.807) is 6.20 Å². The second-order valence-electron chi connectivity index (χ2n) is 2.58. The van der Waals surface area contributed by atoms with Crippen molar-refractivity contribution >= 4 is 0 Å². The van der Waals surface area contributed by atoms with Crippen LogP contribution in [0.3, 0.4) is 0 Å². The van der Waals surface area contributed by atoms with Crippen molar-refractivity contribution < 1.29 is 9.52 Å². The summed E-state index contributed by atoms with van der Waals surface area (Å²) in [5.74, 6) is 0.846. The van der Waals surface area contributed by atoms with Gasteiger partial charge in [0.05, 0.1) is 12.7 Å². The molecule has 1 aromatic rings. The molecule has 0 unspecified atom stereocenters. The fourth-order valence-corrected chi connectivity index (χ4v) is 0.903. The number of aliphatic hydroxyl groups excluding tert-OH is 1. The zero-order valence-electron chi connectivity index (χ0n) is 6.99. The normalized spacial score (nSPS) is 10.4. The maximum Gasteiger partial charge on any atom is 0.180 e. The Morgan fingerprint density at radius 1 is 1.50 bits per heavy atom. The summed E-state index contributed by atoms with van der Waals surface area (Å²) in [4.78, 5) is 3.79. The van der Waals surface area contributed by atoms with Gasteiger partial charge in [0.2, 0.25) is 0 Å². The topological polar surface area (TPSA) is 58.3 Å². The Kier molecular flexibility index (Phi) is 4.41. The van der Waals surface area contributed by atoms with Crippen LogP contribution in [0.1, 0.15) is 18.6 Å². The van der Waals surface area contributed by atoms with Crippen LogP contribution in [0.4, 0.5) is 0 Å². The zero-order valence-corrected chi connectivity index (χ0v) is 6.99. The molecule has 4 heteroatoms. The lowest BCUT2D eigenvalue weighted by Crippen LogP contribution is -2.14. The molecule has 0 saturated carbocycles. The zero-order chi connectivity index (χ0) is 8.65. The molecule has 12 heavy (non-hydrogen) atoms. The van der Waals surface area contributed by atoms with Gasteiger partial charge in [-0.2, -0.15) is 0 Å². The average molecular weight is 170 g/mol. The Labute approximate surface area is 71.6 Å². The molecule has 4 nitrogen and oxygen atoms in total. The highest BCUT2D eigenvalue weighted by molar-refractivity contribution is 4.86. The van der Waals surface area contributed by atoms with E-state index in [4.69, 9.17) is 9.52 Å². The highest BCUT2D eigenvalue weighted by atomic mass is 16.3. The first-order valence-electron chi connectivity index (χ1n) is 4.12. The summed E-state index contributed by atoms with van der Waals surface area (Å²) < 4.78 is 5.02. The second-order valence-corrected chi connectivity index (χ2v) is 2.58. The van der Waals surface area contributed by atoms with Gasteiger partial charge in [-0.3, -0.25) is 0 Å². The van der Waals surface area contributed by atoms with Crippen LogP contribution in [0.2, 0.25) is 0 Å². The molecule has 0 atom stereocenters. The van der Waals surface area contributed by atoms with Crippen molar-refractivity contribution in [1.82, 2.24) is 10.3 Å². The van der Waals surface area contributed by atoms with E-state index in [-0.39, 0.29) is 6.61 Å². The molecule has 0 saturated heterocycles. The highest BCUT2D eigenvalue weighted by Crippen LogP contribution is 1.94. The lowest BCUT2D eigenvalue weighted by atomic mass is 10.3. The second kappa shape index (κ2) is 5.74. The number of hydrogen-bond donors (Lipinski definition) is 2. The van der Waals surface area contributed by atoms with Crippen molar-refractivity contribution in [2.75, 3.05) is 13.2 Å². The highest BCUT2D eigenvalue weighted by Gasteiger charge is 1.94. The third kappa shape index (κ3) is 3.50. The first kappa shape index (κ1) is 9.22. The van der Waals surface area contributed by atoms with Crippen molar-refractivity contribution in [2.45, 2.75) is 19.4 Å². The number of nitrogens with zero attached hydrogens (tertiary/aromatic N) is 1. The van der Waals surface area contributed by atoms with E-state index in [0.29, 0.717) is 6.54 Å². The van der Waals surface area contributed by atoms with Crippen LogP contribution in [0.5, 0.6) is 0 Å². The number of unbranched alkanes of at least 4 members (excludes halogenated alkanes) is 1. The molecule has 1 aromatic heterocycles. The van der Waals surface area contributed by atoms with Crippen molar-refractivity contribution in [3.63, 3.8) is 0 Å². The van der Waals surface area contributed by atoms with Crippen molar-refractivity contribution in [1.29, 1.82) is 0 Å². The van der Waals surface area contributed by atoms with Crippen LogP contribution in [0, 0.1) is 0 Å². The fraction of sp³-hybridized carbons (Fsp3) is 0.625. The number of hydrogen-bond acceptors (Lipinski definition) is 4. The first-order chi connectivity index (χ1) is 5.93. The summed E-state index contributed by atoms with van der Waals surface area (Å²) >= 11 is 0. The molecule has 1 heterocycles. The third-order valence-electron chi connectivity index (χ3n) is 1.54. The number of oxazole rings is 1. The Morgan fingerprint density at radius 3 is 3.08 bits per heavy atom. The lowest BCUT2D eigenvalue weighted by molar-refractivity contribution is 0.283. The van der Waals surface area contributed by atoms with Crippen LogP contribution in [-0.4, -0.2) is 23.2 Å². The van der Waals surface area contributed by atoms with E-state index in [0.717, 1.165) is 25.1 Å². The van der Waals surface area contributed by atoms with Gasteiger partial charge in [0, 0.05) is 6.61 Å². The van der Waals surface area contributed by atoms with E-state index in [1.165, 1.54) is 6.39 Å². The Morgan fingerprint density at radius 2 is 2.42 bits per heavy atom. The summed E-state index contributed by atoms with van der Waals surface area (Å²) in [7, 11) is 0. The molecular weight excluding hydrogens is 156 g/mol. The van der Waals surface area contributed by atoms with Gasteiger partial charge in [0.1, 0.15) is 5.76 Å². The largest absolute Gasteiger partial charge is 0.447 e. The van der Waals surface area contributed by atoms with E-state index in [1.807, 2.05) is 0 Å². The SMILES string of the molecule is OCCCCNCc1cnco1. The molecule has 0 aliphatic heterocycles. The molecule has 0 spiro atoms. The summed E-state index contributed by atoms with van der Waals surface area (Å²) in [6.45, 7) is 1.89. The number of nitrogens with one attached hydrogen (secondary N) is 1. The molecule has 0 aromatic carbocycles.